The van der Waals surface area contributed by atoms with E-state index in [9.17, 15) is 30.5 Å². The van der Waals surface area contributed by atoms with Crippen molar-refractivity contribution in [2.75, 3.05) is 20.1 Å². The van der Waals surface area contributed by atoms with Crippen LogP contribution in [0.5, 0.6) is 0 Å². The lowest BCUT2D eigenvalue weighted by Gasteiger charge is -2.27. The van der Waals surface area contributed by atoms with Gasteiger partial charge in [0.25, 0.3) is 0 Å². The van der Waals surface area contributed by atoms with Crippen LogP contribution in [0.3, 0.4) is 0 Å². The summed E-state index contributed by atoms with van der Waals surface area (Å²) in [6, 6.07) is 6.26. The van der Waals surface area contributed by atoms with E-state index in [-0.39, 0.29) is 4.90 Å². The van der Waals surface area contributed by atoms with Crippen molar-refractivity contribution in [2.45, 2.75) is 28.2 Å². The van der Waals surface area contributed by atoms with Crippen LogP contribution in [-0.2, 0) is 10.1 Å². The molecule has 0 radical (unpaired) electrons. The molecule has 1 heterocycles. The highest BCUT2D eigenvalue weighted by Gasteiger charge is 2.62. The third-order valence-corrected chi connectivity index (χ3v) is 5.13. The Kier molecular flexibility index (Phi) is 6.87. The van der Waals surface area contributed by atoms with Crippen molar-refractivity contribution in [3.63, 3.8) is 0 Å². The SMILES string of the molecule is C[NH+]1CCCC1.O=S(=O)([O-])C(F)(F)C(F)(F)Sc1ccccc1. The van der Waals surface area contributed by atoms with Gasteiger partial charge in [0, 0.05) is 17.7 Å². The van der Waals surface area contributed by atoms with E-state index < -0.39 is 32.4 Å². The van der Waals surface area contributed by atoms with Crippen molar-refractivity contribution in [3.05, 3.63) is 30.3 Å². The third kappa shape index (κ3) is 5.63. The molecule has 23 heavy (non-hydrogen) atoms. The Morgan fingerprint density at radius 2 is 1.57 bits per heavy atom. The zero-order valence-corrected chi connectivity index (χ0v) is 13.9. The summed E-state index contributed by atoms with van der Waals surface area (Å²) < 4.78 is 81.8. The molecule has 10 heteroatoms. The molecule has 0 aromatic heterocycles. The molecule has 0 bridgehead atoms. The molecule has 1 aromatic carbocycles. The zero-order valence-electron chi connectivity index (χ0n) is 12.3. The number of nitrogens with one attached hydrogen (secondary N) is 1. The van der Waals surface area contributed by atoms with Crippen LogP contribution < -0.4 is 4.90 Å². The first kappa shape index (κ1) is 20.2. The van der Waals surface area contributed by atoms with Gasteiger partial charge in [0.05, 0.1) is 20.1 Å². The van der Waals surface area contributed by atoms with Crippen LogP contribution in [0.2, 0.25) is 0 Å². The Hall–Kier alpha value is -0.840. The first-order valence-electron chi connectivity index (χ1n) is 6.74. The average Bonchev–Trinajstić information content (AvgIpc) is 2.90. The highest BCUT2D eigenvalue weighted by Crippen LogP contribution is 2.48. The number of benzene rings is 1. The summed E-state index contributed by atoms with van der Waals surface area (Å²) in [4.78, 5) is 1.43. The number of thioether (sulfide) groups is 1. The fraction of sp³-hybridized carbons (Fsp3) is 0.538. The molecule has 0 unspecified atom stereocenters. The third-order valence-electron chi connectivity index (χ3n) is 3.10. The van der Waals surface area contributed by atoms with Crippen LogP contribution in [-0.4, -0.2) is 43.6 Å². The highest BCUT2D eigenvalue weighted by atomic mass is 32.2. The smallest absolute Gasteiger partial charge is 0.406 e. The van der Waals surface area contributed by atoms with E-state index in [4.69, 9.17) is 0 Å². The van der Waals surface area contributed by atoms with Crippen LogP contribution in [0.4, 0.5) is 17.6 Å². The first-order valence-corrected chi connectivity index (χ1v) is 8.96. The van der Waals surface area contributed by atoms with Crippen molar-refractivity contribution >= 4 is 21.9 Å². The zero-order chi connectivity index (χ0) is 17.7. The minimum atomic E-state index is -6.43. The molecule has 0 atom stereocenters. The quantitative estimate of drug-likeness (QED) is 0.495. The second-order valence-corrected chi connectivity index (χ2v) is 7.68. The highest BCUT2D eigenvalue weighted by molar-refractivity contribution is 8.01. The van der Waals surface area contributed by atoms with Gasteiger partial charge in [-0.15, -0.1) is 0 Å². The van der Waals surface area contributed by atoms with E-state index in [2.05, 4.69) is 7.05 Å². The van der Waals surface area contributed by atoms with Gasteiger partial charge in [0.2, 0.25) is 0 Å². The summed E-state index contributed by atoms with van der Waals surface area (Å²) in [6.45, 7) is 2.81. The Morgan fingerprint density at radius 3 is 1.91 bits per heavy atom. The minimum absolute atomic E-state index is 0.277. The molecule has 1 N–H and O–H groups in total. The topological polar surface area (TPSA) is 61.6 Å². The van der Waals surface area contributed by atoms with Gasteiger partial charge < -0.3 is 9.45 Å². The number of halogens is 4. The van der Waals surface area contributed by atoms with Gasteiger partial charge in [-0.1, -0.05) is 18.2 Å². The van der Waals surface area contributed by atoms with Crippen molar-refractivity contribution < 1.29 is 35.4 Å². The van der Waals surface area contributed by atoms with Gasteiger partial charge in [-0.2, -0.15) is 17.6 Å². The molecule has 0 aliphatic carbocycles. The van der Waals surface area contributed by atoms with Gasteiger partial charge in [-0.05, 0) is 23.9 Å². The van der Waals surface area contributed by atoms with Gasteiger partial charge in [0.1, 0.15) is 0 Å². The number of alkyl halides is 4. The van der Waals surface area contributed by atoms with Gasteiger partial charge in [0.15, 0.2) is 10.1 Å². The molecule has 0 saturated carbocycles. The molecule has 1 aromatic rings. The lowest BCUT2D eigenvalue weighted by atomic mass is 10.4. The number of hydrogen-bond acceptors (Lipinski definition) is 4. The molecular formula is C13H17F4NO3S2. The Balaban J connectivity index is 0.000000366. The maximum absolute atomic E-state index is 13.0. The molecule has 1 saturated heterocycles. The van der Waals surface area contributed by atoms with Gasteiger partial charge in [-0.3, -0.25) is 0 Å². The first-order chi connectivity index (χ1) is 10.5. The molecule has 2 rings (SSSR count). The lowest BCUT2D eigenvalue weighted by Crippen LogP contribution is -3.06. The number of likely N-dealkylation sites (tertiary alicyclic amines) is 1. The van der Waals surface area contributed by atoms with Crippen molar-refractivity contribution in [1.29, 1.82) is 0 Å². The monoisotopic (exact) mass is 375 g/mol. The molecule has 0 amide bonds. The van der Waals surface area contributed by atoms with E-state index >= 15 is 0 Å². The second kappa shape index (κ2) is 7.82. The fourth-order valence-corrected chi connectivity index (χ4v) is 3.25. The molecule has 4 nitrogen and oxygen atoms in total. The molecule has 1 aliphatic heterocycles. The summed E-state index contributed by atoms with van der Waals surface area (Å²) >= 11 is -0.683. The Labute approximate surface area is 136 Å². The van der Waals surface area contributed by atoms with E-state index in [1.165, 1.54) is 44.1 Å². The summed E-state index contributed by atoms with van der Waals surface area (Å²) in [6.07, 6.45) is 2.90. The fourth-order valence-electron chi connectivity index (χ4n) is 1.82. The Bertz CT molecular complexity index is 590. The minimum Gasteiger partial charge on any atom is -0.743 e. The van der Waals surface area contributed by atoms with E-state index in [1.54, 1.807) is 4.90 Å². The number of quaternary nitrogens is 1. The van der Waals surface area contributed by atoms with E-state index in [0.29, 0.717) is 0 Å². The molecule has 1 aliphatic rings. The maximum Gasteiger partial charge on any atom is 0.406 e. The average molecular weight is 375 g/mol. The maximum atomic E-state index is 13.0. The largest absolute Gasteiger partial charge is 0.743 e. The van der Waals surface area contributed by atoms with Crippen molar-refractivity contribution in [3.8, 4) is 0 Å². The lowest BCUT2D eigenvalue weighted by molar-refractivity contribution is -0.866. The summed E-state index contributed by atoms with van der Waals surface area (Å²) in [5, 5.41) is -10.7. The second-order valence-electron chi connectivity index (χ2n) is 5.07. The van der Waals surface area contributed by atoms with Crippen LogP contribution in [0.25, 0.3) is 0 Å². The summed E-state index contributed by atoms with van der Waals surface area (Å²) in [7, 11) is -4.18. The summed E-state index contributed by atoms with van der Waals surface area (Å²) in [5.41, 5.74) is 0. The van der Waals surface area contributed by atoms with E-state index in [0.717, 1.165) is 12.1 Å². The number of hydrogen-bond donors (Lipinski definition) is 1. The van der Waals surface area contributed by atoms with Gasteiger partial charge >= 0.3 is 10.5 Å². The van der Waals surface area contributed by atoms with Gasteiger partial charge in [-0.25, -0.2) is 8.42 Å². The van der Waals surface area contributed by atoms with Crippen LogP contribution in [0, 0.1) is 0 Å². The number of rotatable bonds is 4. The Morgan fingerprint density at radius 1 is 1.09 bits per heavy atom. The predicted octanol–water partition coefficient (Wildman–Crippen LogP) is 1.80. The standard InChI is InChI=1S/C8H6F4O3S2.C5H11N/c9-7(10,8(11,12)17(13,14)15)16-6-4-2-1-3-5-6;1-6-4-2-3-5-6/h1-5H,(H,13,14,15);2-5H2,1H3. The molecule has 0 spiro atoms. The molecule has 132 valence electrons. The van der Waals surface area contributed by atoms with Crippen molar-refractivity contribution in [2.24, 2.45) is 0 Å². The van der Waals surface area contributed by atoms with E-state index in [1.807, 2.05) is 0 Å². The molecular weight excluding hydrogens is 358 g/mol. The normalized spacial score (nSPS) is 16.8. The molecule has 1 fully saturated rings. The summed E-state index contributed by atoms with van der Waals surface area (Å²) in [5.74, 6) is 0. The van der Waals surface area contributed by atoms with Crippen molar-refractivity contribution in [1.82, 2.24) is 0 Å². The van der Waals surface area contributed by atoms with Crippen LogP contribution in [0.15, 0.2) is 35.2 Å². The van der Waals surface area contributed by atoms with Crippen LogP contribution in [0.1, 0.15) is 12.8 Å². The predicted molar refractivity (Wildman–Crippen MR) is 77.7 cm³/mol. The van der Waals surface area contributed by atoms with Crippen LogP contribution >= 0.6 is 11.8 Å².